The molecule has 0 saturated carbocycles. The minimum atomic E-state index is -0.149. The van der Waals surface area contributed by atoms with Crippen molar-refractivity contribution in [3.8, 4) is 0 Å². The molecule has 0 aromatic heterocycles. The highest BCUT2D eigenvalue weighted by molar-refractivity contribution is 5.16. The topological polar surface area (TPSA) is 12.0 Å². The van der Waals surface area contributed by atoms with E-state index < -0.39 is 0 Å². The lowest BCUT2D eigenvalue weighted by Crippen LogP contribution is -2.27. The van der Waals surface area contributed by atoms with Crippen molar-refractivity contribution in [2.75, 3.05) is 13.1 Å². The van der Waals surface area contributed by atoms with Gasteiger partial charge in [-0.25, -0.2) is 4.39 Å². The van der Waals surface area contributed by atoms with Crippen LogP contribution in [0.5, 0.6) is 0 Å². The average Bonchev–Trinajstić information content (AvgIpc) is 2.32. The summed E-state index contributed by atoms with van der Waals surface area (Å²) in [6, 6.07) is 6.92. The molecule has 0 aliphatic heterocycles. The molecule has 1 aromatic carbocycles. The first-order valence-electron chi connectivity index (χ1n) is 7.07. The standard InChI is InChI=1S/C16H26FN/c1-4-5-15(12-18-11-13(2)3)10-14-6-8-16(17)9-7-14/h6-9,13,15,18H,4-5,10-12H2,1-3H3. The van der Waals surface area contributed by atoms with Crippen molar-refractivity contribution in [3.05, 3.63) is 35.6 Å². The van der Waals surface area contributed by atoms with Crippen LogP contribution in [0.15, 0.2) is 24.3 Å². The fourth-order valence-corrected chi connectivity index (χ4v) is 2.21. The third-order valence-corrected chi connectivity index (χ3v) is 3.12. The quantitative estimate of drug-likeness (QED) is 0.735. The predicted octanol–water partition coefficient (Wildman–Crippen LogP) is 4.03. The van der Waals surface area contributed by atoms with Crippen molar-refractivity contribution in [1.29, 1.82) is 0 Å². The molecule has 0 amide bonds. The van der Waals surface area contributed by atoms with Gasteiger partial charge in [-0.3, -0.25) is 0 Å². The monoisotopic (exact) mass is 251 g/mol. The number of rotatable bonds is 8. The Labute approximate surface area is 111 Å². The molecule has 0 spiro atoms. The third kappa shape index (κ3) is 6.15. The van der Waals surface area contributed by atoms with Gasteiger partial charge in [0.05, 0.1) is 0 Å². The summed E-state index contributed by atoms with van der Waals surface area (Å²) in [5.74, 6) is 1.20. The molecule has 0 aliphatic rings. The van der Waals surface area contributed by atoms with E-state index in [-0.39, 0.29) is 5.82 Å². The molecule has 18 heavy (non-hydrogen) atoms. The summed E-state index contributed by atoms with van der Waals surface area (Å²) in [7, 11) is 0. The molecule has 2 heteroatoms. The van der Waals surface area contributed by atoms with E-state index in [2.05, 4.69) is 26.1 Å². The van der Waals surface area contributed by atoms with E-state index in [9.17, 15) is 4.39 Å². The molecule has 0 aliphatic carbocycles. The van der Waals surface area contributed by atoms with Gasteiger partial charge in [0, 0.05) is 0 Å². The Balaban J connectivity index is 2.43. The van der Waals surface area contributed by atoms with Gasteiger partial charge in [-0.15, -0.1) is 0 Å². The van der Waals surface area contributed by atoms with E-state index >= 15 is 0 Å². The molecule has 1 nitrogen and oxygen atoms in total. The van der Waals surface area contributed by atoms with Gasteiger partial charge in [-0.2, -0.15) is 0 Å². The van der Waals surface area contributed by atoms with Crippen molar-refractivity contribution in [1.82, 2.24) is 5.32 Å². The highest BCUT2D eigenvalue weighted by Gasteiger charge is 2.09. The number of halogens is 1. The van der Waals surface area contributed by atoms with Gasteiger partial charge in [0.25, 0.3) is 0 Å². The minimum Gasteiger partial charge on any atom is -0.316 e. The van der Waals surface area contributed by atoms with Crippen LogP contribution in [0, 0.1) is 17.7 Å². The zero-order chi connectivity index (χ0) is 13.4. The molecule has 0 bridgehead atoms. The van der Waals surface area contributed by atoms with Crippen LogP contribution in [0.1, 0.15) is 39.2 Å². The van der Waals surface area contributed by atoms with E-state index in [1.165, 1.54) is 18.4 Å². The first-order valence-corrected chi connectivity index (χ1v) is 7.07. The van der Waals surface area contributed by atoms with Crippen LogP contribution < -0.4 is 5.32 Å². The number of benzene rings is 1. The Morgan fingerprint density at radius 2 is 1.78 bits per heavy atom. The number of hydrogen-bond acceptors (Lipinski definition) is 1. The first-order chi connectivity index (χ1) is 8.61. The Bertz CT molecular complexity index is 318. The van der Waals surface area contributed by atoms with E-state index in [0.717, 1.165) is 19.5 Å². The maximum atomic E-state index is 12.9. The Hall–Kier alpha value is -0.890. The second-order valence-electron chi connectivity index (χ2n) is 5.54. The highest BCUT2D eigenvalue weighted by atomic mass is 19.1. The fourth-order valence-electron chi connectivity index (χ4n) is 2.21. The molecule has 102 valence electrons. The first kappa shape index (κ1) is 15.2. The Kier molecular flexibility index (Phi) is 6.96. The van der Waals surface area contributed by atoms with Crippen molar-refractivity contribution < 1.29 is 4.39 Å². The normalized spacial score (nSPS) is 12.9. The third-order valence-electron chi connectivity index (χ3n) is 3.12. The zero-order valence-corrected chi connectivity index (χ0v) is 11.9. The molecule has 0 radical (unpaired) electrons. The lowest BCUT2D eigenvalue weighted by atomic mass is 9.95. The summed E-state index contributed by atoms with van der Waals surface area (Å²) in [6.45, 7) is 8.80. The van der Waals surface area contributed by atoms with Crippen LogP contribution in [-0.2, 0) is 6.42 Å². The van der Waals surface area contributed by atoms with E-state index in [0.29, 0.717) is 11.8 Å². The van der Waals surface area contributed by atoms with Crippen LogP contribution in [0.25, 0.3) is 0 Å². The summed E-state index contributed by atoms with van der Waals surface area (Å²) < 4.78 is 12.9. The summed E-state index contributed by atoms with van der Waals surface area (Å²) in [5, 5.41) is 3.53. The molecule has 1 atom stereocenters. The highest BCUT2D eigenvalue weighted by Crippen LogP contribution is 2.14. The molecule has 1 rings (SSSR count). The second kappa shape index (κ2) is 8.25. The molecule has 1 aromatic rings. The van der Waals surface area contributed by atoms with Crippen molar-refractivity contribution in [3.63, 3.8) is 0 Å². The van der Waals surface area contributed by atoms with Crippen molar-refractivity contribution >= 4 is 0 Å². The Morgan fingerprint density at radius 1 is 1.11 bits per heavy atom. The average molecular weight is 251 g/mol. The van der Waals surface area contributed by atoms with Gasteiger partial charge in [0.1, 0.15) is 5.82 Å². The molecule has 0 fully saturated rings. The van der Waals surface area contributed by atoms with Crippen molar-refractivity contribution in [2.45, 2.75) is 40.0 Å². The SMILES string of the molecule is CCCC(CNCC(C)C)Cc1ccc(F)cc1. The van der Waals surface area contributed by atoms with Gasteiger partial charge < -0.3 is 5.32 Å². The molecular weight excluding hydrogens is 225 g/mol. The smallest absolute Gasteiger partial charge is 0.123 e. The van der Waals surface area contributed by atoms with Gasteiger partial charge >= 0.3 is 0 Å². The van der Waals surface area contributed by atoms with Gasteiger partial charge in [0.2, 0.25) is 0 Å². The summed E-state index contributed by atoms with van der Waals surface area (Å²) >= 11 is 0. The zero-order valence-electron chi connectivity index (χ0n) is 11.9. The van der Waals surface area contributed by atoms with Gasteiger partial charge in [-0.05, 0) is 55.5 Å². The van der Waals surface area contributed by atoms with E-state index in [4.69, 9.17) is 0 Å². The van der Waals surface area contributed by atoms with Crippen LogP contribution in [0.4, 0.5) is 4.39 Å². The fraction of sp³-hybridized carbons (Fsp3) is 0.625. The predicted molar refractivity (Wildman–Crippen MR) is 76.2 cm³/mol. The molecule has 1 unspecified atom stereocenters. The van der Waals surface area contributed by atoms with Crippen LogP contribution >= 0.6 is 0 Å². The number of hydrogen-bond donors (Lipinski definition) is 1. The Morgan fingerprint density at radius 3 is 2.33 bits per heavy atom. The lowest BCUT2D eigenvalue weighted by molar-refractivity contribution is 0.421. The van der Waals surface area contributed by atoms with E-state index in [1.807, 2.05) is 12.1 Å². The van der Waals surface area contributed by atoms with Crippen molar-refractivity contribution in [2.24, 2.45) is 11.8 Å². The maximum Gasteiger partial charge on any atom is 0.123 e. The molecule has 1 N–H and O–H groups in total. The maximum absolute atomic E-state index is 12.9. The largest absolute Gasteiger partial charge is 0.316 e. The van der Waals surface area contributed by atoms with Crippen LogP contribution in [0.2, 0.25) is 0 Å². The molecule has 0 saturated heterocycles. The van der Waals surface area contributed by atoms with Gasteiger partial charge in [-0.1, -0.05) is 39.3 Å². The second-order valence-corrected chi connectivity index (χ2v) is 5.54. The number of nitrogens with one attached hydrogen (secondary N) is 1. The summed E-state index contributed by atoms with van der Waals surface area (Å²) in [5.41, 5.74) is 1.24. The molecule has 0 heterocycles. The minimum absolute atomic E-state index is 0.149. The van der Waals surface area contributed by atoms with Crippen LogP contribution in [0.3, 0.4) is 0 Å². The summed E-state index contributed by atoms with van der Waals surface area (Å²) in [6.07, 6.45) is 3.47. The summed E-state index contributed by atoms with van der Waals surface area (Å²) in [4.78, 5) is 0. The van der Waals surface area contributed by atoms with Gasteiger partial charge in [0.15, 0.2) is 0 Å². The van der Waals surface area contributed by atoms with Crippen LogP contribution in [-0.4, -0.2) is 13.1 Å². The van der Waals surface area contributed by atoms with E-state index in [1.54, 1.807) is 12.1 Å². The lowest BCUT2D eigenvalue weighted by Gasteiger charge is -2.18. The molecular formula is C16H26FN.